The van der Waals surface area contributed by atoms with Gasteiger partial charge in [0.1, 0.15) is 6.34 Å². The Kier molecular flexibility index (Phi) is 3.38. The average molecular weight is 277 g/mol. The SMILES string of the molecule is CC1=CC(=C2C=C(c3ccccc3)N(O)C=N2)C=CC1=N. The Balaban J connectivity index is 2.06. The molecule has 4 heteroatoms. The van der Waals surface area contributed by atoms with Gasteiger partial charge in [0.25, 0.3) is 0 Å². The molecular formula is C17H15N3O. The van der Waals surface area contributed by atoms with Crippen molar-refractivity contribution in [1.82, 2.24) is 5.06 Å². The summed E-state index contributed by atoms with van der Waals surface area (Å²) in [7, 11) is 0. The van der Waals surface area contributed by atoms with E-state index in [0.29, 0.717) is 11.4 Å². The quantitative estimate of drug-likeness (QED) is 0.824. The first kappa shape index (κ1) is 13.3. The van der Waals surface area contributed by atoms with Crippen molar-refractivity contribution in [2.24, 2.45) is 4.99 Å². The van der Waals surface area contributed by atoms with E-state index < -0.39 is 0 Å². The summed E-state index contributed by atoms with van der Waals surface area (Å²) in [5.74, 6) is 0. The maximum Gasteiger partial charge on any atom is 0.122 e. The van der Waals surface area contributed by atoms with E-state index in [4.69, 9.17) is 5.41 Å². The lowest BCUT2D eigenvalue weighted by atomic mass is 9.99. The Morgan fingerprint density at radius 3 is 2.57 bits per heavy atom. The summed E-state index contributed by atoms with van der Waals surface area (Å²) in [4.78, 5) is 4.26. The normalized spacial score (nSPS) is 21.4. The van der Waals surface area contributed by atoms with Crippen molar-refractivity contribution in [2.45, 2.75) is 6.92 Å². The first-order valence-electron chi connectivity index (χ1n) is 6.64. The lowest BCUT2D eigenvalue weighted by Gasteiger charge is -2.20. The minimum atomic E-state index is 0.509. The molecule has 2 N–H and O–H groups in total. The van der Waals surface area contributed by atoms with Gasteiger partial charge in [-0.15, -0.1) is 0 Å². The van der Waals surface area contributed by atoms with Gasteiger partial charge < -0.3 is 5.41 Å². The van der Waals surface area contributed by atoms with E-state index >= 15 is 0 Å². The Hall–Kier alpha value is -2.72. The predicted molar refractivity (Wildman–Crippen MR) is 84.2 cm³/mol. The summed E-state index contributed by atoms with van der Waals surface area (Å²) in [5.41, 5.74) is 4.70. The Bertz CT molecular complexity index is 737. The third-order valence-electron chi connectivity index (χ3n) is 3.42. The highest BCUT2D eigenvalue weighted by Crippen LogP contribution is 2.26. The molecule has 3 rings (SSSR count). The van der Waals surface area contributed by atoms with Gasteiger partial charge in [0.15, 0.2) is 0 Å². The van der Waals surface area contributed by atoms with Gasteiger partial charge in [-0.25, -0.2) is 10.1 Å². The van der Waals surface area contributed by atoms with Crippen LogP contribution in [-0.2, 0) is 0 Å². The van der Waals surface area contributed by atoms with Crippen LogP contribution in [0.1, 0.15) is 12.5 Å². The zero-order valence-electron chi connectivity index (χ0n) is 11.6. The van der Waals surface area contributed by atoms with Crippen LogP contribution in [0.15, 0.2) is 76.5 Å². The van der Waals surface area contributed by atoms with Gasteiger partial charge in [0.2, 0.25) is 0 Å². The molecule has 1 aliphatic carbocycles. The third-order valence-corrected chi connectivity index (χ3v) is 3.42. The number of aliphatic imine (C=N–C) groups is 1. The zero-order valence-corrected chi connectivity index (χ0v) is 11.6. The number of allylic oxidation sites excluding steroid dienone is 6. The highest BCUT2D eigenvalue weighted by molar-refractivity contribution is 6.07. The van der Waals surface area contributed by atoms with E-state index in [-0.39, 0.29) is 0 Å². The van der Waals surface area contributed by atoms with Crippen LogP contribution in [0.2, 0.25) is 0 Å². The molecule has 0 bridgehead atoms. The largest absolute Gasteiger partial charge is 0.301 e. The molecule has 0 unspecified atom stereocenters. The van der Waals surface area contributed by atoms with Crippen LogP contribution in [0.5, 0.6) is 0 Å². The highest BCUT2D eigenvalue weighted by atomic mass is 16.5. The predicted octanol–water partition coefficient (Wildman–Crippen LogP) is 3.55. The van der Waals surface area contributed by atoms with Crippen molar-refractivity contribution >= 4 is 17.7 Å². The fourth-order valence-corrected chi connectivity index (χ4v) is 2.22. The average Bonchev–Trinajstić information content (AvgIpc) is 2.51. The summed E-state index contributed by atoms with van der Waals surface area (Å²) in [5, 5.41) is 18.7. The van der Waals surface area contributed by atoms with Crippen molar-refractivity contribution in [3.05, 3.63) is 77.0 Å². The Labute approximate surface area is 123 Å². The molecular weight excluding hydrogens is 262 g/mol. The molecule has 1 aromatic carbocycles. The molecule has 2 aliphatic rings. The van der Waals surface area contributed by atoms with Gasteiger partial charge in [0.05, 0.1) is 17.1 Å². The molecule has 1 aliphatic heterocycles. The molecule has 0 aromatic heterocycles. The molecule has 104 valence electrons. The second-order valence-corrected chi connectivity index (χ2v) is 4.90. The maximum absolute atomic E-state index is 9.96. The van der Waals surface area contributed by atoms with Gasteiger partial charge in [-0.05, 0) is 30.7 Å². The maximum atomic E-state index is 9.96. The molecule has 0 fully saturated rings. The van der Waals surface area contributed by atoms with Gasteiger partial charge in [-0.1, -0.05) is 36.4 Å². The molecule has 1 heterocycles. The fourth-order valence-electron chi connectivity index (χ4n) is 2.22. The van der Waals surface area contributed by atoms with Crippen molar-refractivity contribution < 1.29 is 5.21 Å². The minimum Gasteiger partial charge on any atom is -0.301 e. The molecule has 0 saturated carbocycles. The van der Waals surface area contributed by atoms with Crippen molar-refractivity contribution in [1.29, 1.82) is 5.41 Å². The zero-order chi connectivity index (χ0) is 14.8. The Morgan fingerprint density at radius 2 is 1.86 bits per heavy atom. The van der Waals surface area contributed by atoms with Crippen LogP contribution in [0.4, 0.5) is 0 Å². The number of nitrogens with zero attached hydrogens (tertiary/aromatic N) is 2. The van der Waals surface area contributed by atoms with Crippen LogP contribution in [0.25, 0.3) is 5.70 Å². The van der Waals surface area contributed by atoms with Gasteiger partial charge in [0, 0.05) is 11.1 Å². The summed E-state index contributed by atoms with van der Waals surface area (Å²) in [6.07, 6.45) is 8.79. The number of rotatable bonds is 1. The molecule has 0 spiro atoms. The monoisotopic (exact) mass is 277 g/mol. The molecule has 0 radical (unpaired) electrons. The van der Waals surface area contributed by atoms with Crippen LogP contribution in [0.3, 0.4) is 0 Å². The molecule has 21 heavy (non-hydrogen) atoms. The van der Waals surface area contributed by atoms with E-state index in [1.54, 1.807) is 6.08 Å². The summed E-state index contributed by atoms with van der Waals surface area (Å²) in [6, 6.07) is 9.65. The molecule has 4 nitrogen and oxygen atoms in total. The summed E-state index contributed by atoms with van der Waals surface area (Å²) < 4.78 is 0. The first-order chi connectivity index (χ1) is 10.1. The molecule has 0 saturated heterocycles. The van der Waals surface area contributed by atoms with Crippen LogP contribution >= 0.6 is 0 Å². The van der Waals surface area contributed by atoms with Gasteiger partial charge in [-0.2, -0.15) is 0 Å². The number of hydroxylamine groups is 2. The number of hydrogen-bond donors (Lipinski definition) is 2. The standard InChI is InChI=1S/C17H15N3O/c1-12-9-14(7-8-15(12)18)16-10-17(20(21)11-19-16)13-5-3-2-4-6-13/h2-11,18,21H,1H3. The number of benzene rings is 1. The van der Waals surface area contributed by atoms with E-state index in [0.717, 1.165) is 27.5 Å². The molecule has 1 aromatic rings. The van der Waals surface area contributed by atoms with Crippen LogP contribution in [0, 0.1) is 5.41 Å². The lowest BCUT2D eigenvalue weighted by Crippen LogP contribution is -2.18. The van der Waals surface area contributed by atoms with E-state index in [9.17, 15) is 5.21 Å². The van der Waals surface area contributed by atoms with E-state index in [1.807, 2.05) is 55.5 Å². The lowest BCUT2D eigenvalue weighted by molar-refractivity contribution is 0.0562. The van der Waals surface area contributed by atoms with E-state index in [2.05, 4.69) is 4.99 Å². The summed E-state index contributed by atoms with van der Waals surface area (Å²) >= 11 is 0. The van der Waals surface area contributed by atoms with Crippen molar-refractivity contribution in [3.8, 4) is 0 Å². The van der Waals surface area contributed by atoms with Crippen LogP contribution in [-0.4, -0.2) is 22.3 Å². The van der Waals surface area contributed by atoms with Crippen molar-refractivity contribution in [3.63, 3.8) is 0 Å². The van der Waals surface area contributed by atoms with Gasteiger partial charge >= 0.3 is 0 Å². The Morgan fingerprint density at radius 1 is 1.10 bits per heavy atom. The third kappa shape index (κ3) is 2.61. The minimum absolute atomic E-state index is 0.509. The highest BCUT2D eigenvalue weighted by Gasteiger charge is 2.15. The second kappa shape index (κ2) is 5.34. The van der Waals surface area contributed by atoms with E-state index in [1.165, 1.54) is 6.34 Å². The second-order valence-electron chi connectivity index (χ2n) is 4.90. The smallest absolute Gasteiger partial charge is 0.122 e. The number of hydrogen-bond acceptors (Lipinski definition) is 4. The number of nitrogens with one attached hydrogen (secondary N) is 1. The topological polar surface area (TPSA) is 59.7 Å². The summed E-state index contributed by atoms with van der Waals surface area (Å²) in [6.45, 7) is 1.90. The first-order valence-corrected chi connectivity index (χ1v) is 6.64. The fraction of sp³-hybridized carbons (Fsp3) is 0.0588. The van der Waals surface area contributed by atoms with Gasteiger partial charge in [-0.3, -0.25) is 5.21 Å². The molecule has 0 atom stereocenters. The molecule has 0 amide bonds. The van der Waals surface area contributed by atoms with Crippen LogP contribution < -0.4 is 0 Å². The van der Waals surface area contributed by atoms with Crippen molar-refractivity contribution in [2.75, 3.05) is 0 Å².